The van der Waals surface area contributed by atoms with E-state index in [2.05, 4.69) is 0 Å². The summed E-state index contributed by atoms with van der Waals surface area (Å²) in [6.45, 7) is 0. The molecule has 0 aliphatic carbocycles. The zero-order valence-corrected chi connectivity index (χ0v) is 2.72. The second-order valence-corrected chi connectivity index (χ2v) is 0. The molecule has 0 aliphatic rings. The molecule has 0 aromatic rings. The van der Waals surface area contributed by atoms with Gasteiger partial charge in [0.1, 0.15) is 0 Å². The SMILES string of the molecule is Cl.O.O.O.[SrH2]. The van der Waals surface area contributed by atoms with Crippen molar-refractivity contribution in [3.05, 3.63) is 0 Å². The Morgan fingerprint density at radius 2 is 0.600 bits per heavy atom. The van der Waals surface area contributed by atoms with Crippen molar-refractivity contribution in [2.45, 2.75) is 0 Å². The fourth-order valence-electron chi connectivity index (χ4n) is 0. The second kappa shape index (κ2) is 44.9. The van der Waals surface area contributed by atoms with Gasteiger partial charge in [-0.15, -0.1) is 12.4 Å². The summed E-state index contributed by atoms with van der Waals surface area (Å²) < 4.78 is 0. The molecule has 0 fully saturated rings. The third-order valence-electron chi connectivity index (χ3n) is 0. The van der Waals surface area contributed by atoms with Gasteiger partial charge in [0.05, 0.1) is 0 Å². The average Bonchev–Trinajstić information content (AvgIpc) is 0. The van der Waals surface area contributed by atoms with Gasteiger partial charge in [-0.1, -0.05) is 0 Å². The summed E-state index contributed by atoms with van der Waals surface area (Å²) in [6, 6.07) is 0. The minimum absolute atomic E-state index is 0. The Hall–Kier alpha value is 1.65. The maximum absolute atomic E-state index is 0. The van der Waals surface area contributed by atoms with Gasteiger partial charge in [-0.05, 0) is 0 Å². The molecule has 0 unspecified atom stereocenters. The Kier molecular flexibility index (Phi) is 699. The zero-order chi connectivity index (χ0) is 0. The first-order valence-electron chi connectivity index (χ1n) is 0. The van der Waals surface area contributed by atoms with E-state index in [0.29, 0.717) is 0 Å². The van der Waals surface area contributed by atoms with Gasteiger partial charge in [-0.25, -0.2) is 0 Å². The first kappa shape index (κ1) is 77.9. The molecule has 0 atom stereocenters. The summed E-state index contributed by atoms with van der Waals surface area (Å²) in [6.07, 6.45) is 0. The van der Waals surface area contributed by atoms with Gasteiger partial charge < -0.3 is 16.4 Å². The van der Waals surface area contributed by atoms with E-state index in [1.165, 1.54) is 0 Å². The van der Waals surface area contributed by atoms with Gasteiger partial charge in [-0.3, -0.25) is 0 Å². The van der Waals surface area contributed by atoms with Crippen LogP contribution in [0.15, 0.2) is 0 Å². The van der Waals surface area contributed by atoms with E-state index in [-0.39, 0.29) is 74.3 Å². The monoisotopic (exact) mass is 180 g/mol. The summed E-state index contributed by atoms with van der Waals surface area (Å²) in [5, 5.41) is 0. The first-order valence-corrected chi connectivity index (χ1v) is 0. The quantitative estimate of drug-likeness (QED) is 0.356. The Bertz CT molecular complexity index is 6.85. The normalized spacial score (nSPS) is 0. The van der Waals surface area contributed by atoms with Gasteiger partial charge in [0, 0.05) is 0 Å². The molecule has 0 saturated carbocycles. The van der Waals surface area contributed by atoms with Crippen LogP contribution in [0.1, 0.15) is 0 Å². The van der Waals surface area contributed by atoms with Crippen LogP contribution >= 0.6 is 12.4 Å². The fourth-order valence-corrected chi connectivity index (χ4v) is 0. The summed E-state index contributed by atoms with van der Waals surface area (Å²) in [7, 11) is 0. The molecule has 0 bridgehead atoms. The summed E-state index contributed by atoms with van der Waals surface area (Å²) >= 11 is 0. The van der Waals surface area contributed by atoms with E-state index in [9.17, 15) is 0 Å². The van der Waals surface area contributed by atoms with Crippen molar-refractivity contribution in [2.24, 2.45) is 0 Å². The van der Waals surface area contributed by atoms with Gasteiger partial charge >= 0.3 is 45.5 Å². The van der Waals surface area contributed by atoms with Crippen LogP contribution in [-0.4, -0.2) is 61.9 Å². The van der Waals surface area contributed by atoms with Crippen molar-refractivity contribution in [3.63, 3.8) is 0 Å². The molecule has 0 aliphatic heterocycles. The van der Waals surface area contributed by atoms with Crippen molar-refractivity contribution in [1.82, 2.24) is 0 Å². The molecule has 0 radical (unpaired) electrons. The van der Waals surface area contributed by atoms with Crippen LogP contribution in [-0.2, 0) is 0 Å². The Morgan fingerprint density at radius 3 is 0.600 bits per heavy atom. The molecular formula is H9ClO3Sr. The van der Waals surface area contributed by atoms with Crippen LogP contribution in [0.3, 0.4) is 0 Å². The zero-order valence-electron chi connectivity index (χ0n) is 1.91. The molecule has 3 nitrogen and oxygen atoms in total. The third kappa shape index (κ3) is 27.6. The molecule has 6 N–H and O–H groups in total. The predicted octanol–water partition coefficient (Wildman–Crippen LogP) is -2.97. The molecule has 5 heavy (non-hydrogen) atoms. The van der Waals surface area contributed by atoms with Crippen molar-refractivity contribution in [2.75, 3.05) is 0 Å². The Morgan fingerprint density at radius 1 is 0.600 bits per heavy atom. The molecule has 0 amide bonds. The summed E-state index contributed by atoms with van der Waals surface area (Å²) in [5.41, 5.74) is 0. The van der Waals surface area contributed by atoms with Gasteiger partial charge in [-0.2, -0.15) is 0 Å². The van der Waals surface area contributed by atoms with E-state index in [1.807, 2.05) is 0 Å². The van der Waals surface area contributed by atoms with Gasteiger partial charge in [0.15, 0.2) is 0 Å². The van der Waals surface area contributed by atoms with Crippen LogP contribution in [0.25, 0.3) is 0 Å². The van der Waals surface area contributed by atoms with Gasteiger partial charge in [0.2, 0.25) is 0 Å². The van der Waals surface area contributed by atoms with Gasteiger partial charge in [0.25, 0.3) is 0 Å². The number of hydrogen-bond acceptors (Lipinski definition) is 0. The number of hydrogen-bond donors (Lipinski definition) is 0. The van der Waals surface area contributed by atoms with Crippen LogP contribution < -0.4 is 0 Å². The number of halogens is 1. The predicted molar refractivity (Wildman–Crippen MR) is 26.6 cm³/mol. The van der Waals surface area contributed by atoms with Crippen molar-refractivity contribution in [3.8, 4) is 0 Å². The minimum atomic E-state index is 0. The van der Waals surface area contributed by atoms with E-state index < -0.39 is 0 Å². The Labute approximate surface area is 73.4 Å². The molecule has 0 rings (SSSR count). The first-order chi connectivity index (χ1) is 0. The molecule has 0 spiro atoms. The van der Waals surface area contributed by atoms with Crippen molar-refractivity contribution < 1.29 is 16.4 Å². The molecule has 5 heteroatoms. The van der Waals surface area contributed by atoms with Crippen LogP contribution in [0.2, 0.25) is 0 Å². The van der Waals surface area contributed by atoms with E-state index in [4.69, 9.17) is 0 Å². The number of rotatable bonds is 0. The summed E-state index contributed by atoms with van der Waals surface area (Å²) in [5.74, 6) is 0. The van der Waals surface area contributed by atoms with Crippen molar-refractivity contribution in [1.29, 1.82) is 0 Å². The standard InChI is InChI=1S/ClH.3H2O.Sr.2H/h1H;3*1H2;;;. The van der Waals surface area contributed by atoms with E-state index in [1.54, 1.807) is 0 Å². The molecule has 0 aromatic heterocycles. The van der Waals surface area contributed by atoms with Crippen LogP contribution in [0.4, 0.5) is 0 Å². The van der Waals surface area contributed by atoms with Crippen LogP contribution in [0.5, 0.6) is 0 Å². The molecular weight excluding hydrogens is 171 g/mol. The third-order valence-corrected chi connectivity index (χ3v) is 0. The maximum atomic E-state index is 0. The fraction of sp³-hybridized carbons (Fsp3) is 0. The van der Waals surface area contributed by atoms with Crippen LogP contribution in [0, 0.1) is 0 Å². The van der Waals surface area contributed by atoms with E-state index in [0.717, 1.165) is 0 Å². The Balaban J connectivity index is 0. The second-order valence-electron chi connectivity index (χ2n) is 0. The molecule has 0 heterocycles. The molecule has 0 saturated heterocycles. The molecule has 0 aromatic carbocycles. The van der Waals surface area contributed by atoms with E-state index >= 15 is 0 Å². The molecule has 36 valence electrons. The summed E-state index contributed by atoms with van der Waals surface area (Å²) in [4.78, 5) is 0. The van der Waals surface area contributed by atoms with Crippen molar-refractivity contribution >= 4 is 57.9 Å². The topological polar surface area (TPSA) is 94.5 Å². The average molecular weight is 180 g/mol.